The van der Waals surface area contributed by atoms with Gasteiger partial charge in [-0.2, -0.15) is 5.10 Å². The van der Waals surface area contributed by atoms with Crippen molar-refractivity contribution >= 4 is 50.5 Å². The number of rotatable bonds is 3. The molecule has 0 aliphatic carbocycles. The number of hydrogen-bond donors (Lipinski definition) is 1. The van der Waals surface area contributed by atoms with Gasteiger partial charge in [-0.3, -0.25) is 4.79 Å². The summed E-state index contributed by atoms with van der Waals surface area (Å²) in [5, 5.41) is 7.84. The third kappa shape index (κ3) is 3.55. The summed E-state index contributed by atoms with van der Waals surface area (Å²) < 4.78 is 0. The number of carbonyl (C=O) groups is 1. The minimum atomic E-state index is -0.213. The lowest BCUT2D eigenvalue weighted by molar-refractivity contribution is 0.0717. The number of amides is 1. The molecule has 5 nitrogen and oxygen atoms in total. The highest BCUT2D eigenvalue weighted by Gasteiger charge is 2.35. The Hall–Kier alpha value is -3.22. The normalized spacial score (nSPS) is 15.9. The number of hydrazone groups is 1. The second-order valence-corrected chi connectivity index (χ2v) is 9.37. The summed E-state index contributed by atoms with van der Waals surface area (Å²) in [5.41, 5.74) is 11.7. The lowest BCUT2D eigenvalue weighted by atomic mass is 9.98. The summed E-state index contributed by atoms with van der Waals surface area (Å²) in [6.45, 7) is 3.94. The van der Waals surface area contributed by atoms with E-state index in [1.54, 1.807) is 5.01 Å². The van der Waals surface area contributed by atoms with Crippen molar-refractivity contribution in [2.45, 2.75) is 26.3 Å². The molecule has 32 heavy (non-hydrogen) atoms. The van der Waals surface area contributed by atoms with Crippen molar-refractivity contribution < 1.29 is 4.79 Å². The first-order chi connectivity index (χ1) is 15.4. The fraction of sp³-hybridized carbons (Fsp3) is 0.160. The van der Waals surface area contributed by atoms with E-state index in [2.05, 4.69) is 4.98 Å². The first-order valence-corrected chi connectivity index (χ1v) is 11.5. The molecule has 4 aromatic rings. The fourth-order valence-electron chi connectivity index (χ4n) is 4.18. The summed E-state index contributed by atoms with van der Waals surface area (Å²) in [4.78, 5) is 19.6. The van der Waals surface area contributed by atoms with Crippen LogP contribution in [-0.4, -0.2) is 21.6 Å². The van der Waals surface area contributed by atoms with Crippen LogP contribution in [0.5, 0.6) is 0 Å². The molecule has 0 spiro atoms. The van der Waals surface area contributed by atoms with Gasteiger partial charge in [-0.15, -0.1) is 11.3 Å². The van der Waals surface area contributed by atoms with Crippen LogP contribution in [0.1, 0.15) is 44.5 Å². The molecule has 2 aromatic carbocycles. The minimum absolute atomic E-state index is 0.208. The molecular formula is C25H21ClN4OS. The summed E-state index contributed by atoms with van der Waals surface area (Å²) in [7, 11) is 0. The largest absolute Gasteiger partial charge is 0.397 e. The number of pyridine rings is 1. The van der Waals surface area contributed by atoms with Crippen molar-refractivity contribution in [1.29, 1.82) is 0 Å². The number of nitrogens with two attached hydrogens (primary N) is 1. The standard InChI is InChI=1S/C25H21ClN4OS/c1-14-12-15(2)28-24-21(14)22(27)23(32-24)25(31)30-20(17-6-4-3-5-7-17)13-19(29-30)16-8-10-18(26)11-9-16/h3-12,20H,13,27H2,1-2H3/t20-/m0/s1. The number of benzene rings is 2. The van der Waals surface area contributed by atoms with Crippen molar-refractivity contribution in [3.63, 3.8) is 0 Å². The molecule has 1 atom stereocenters. The van der Waals surface area contributed by atoms with E-state index in [9.17, 15) is 4.79 Å². The van der Waals surface area contributed by atoms with Gasteiger partial charge in [0.1, 0.15) is 9.71 Å². The first kappa shape index (κ1) is 20.7. The van der Waals surface area contributed by atoms with Crippen LogP contribution in [0.25, 0.3) is 10.2 Å². The van der Waals surface area contributed by atoms with Crippen molar-refractivity contribution in [2.75, 3.05) is 5.73 Å². The van der Waals surface area contributed by atoms with Crippen molar-refractivity contribution in [1.82, 2.24) is 9.99 Å². The Kier molecular flexibility index (Phi) is 5.19. The molecule has 0 radical (unpaired) electrons. The van der Waals surface area contributed by atoms with Crippen LogP contribution in [0.4, 0.5) is 5.69 Å². The number of anilines is 1. The van der Waals surface area contributed by atoms with E-state index in [1.165, 1.54) is 11.3 Å². The van der Waals surface area contributed by atoms with Gasteiger partial charge in [0.15, 0.2) is 0 Å². The third-order valence-electron chi connectivity index (χ3n) is 5.70. The van der Waals surface area contributed by atoms with E-state index in [-0.39, 0.29) is 11.9 Å². The molecule has 5 rings (SSSR count). The van der Waals surface area contributed by atoms with E-state index in [0.29, 0.717) is 22.0 Å². The van der Waals surface area contributed by atoms with E-state index in [1.807, 2.05) is 74.5 Å². The van der Waals surface area contributed by atoms with E-state index < -0.39 is 0 Å². The second-order valence-electron chi connectivity index (χ2n) is 7.94. The first-order valence-electron chi connectivity index (χ1n) is 10.3. The topological polar surface area (TPSA) is 71.6 Å². The maximum Gasteiger partial charge on any atom is 0.286 e. The number of carbonyl (C=O) groups excluding carboxylic acids is 1. The Morgan fingerprint density at radius 1 is 1.12 bits per heavy atom. The zero-order valence-corrected chi connectivity index (χ0v) is 19.2. The van der Waals surface area contributed by atoms with Crippen LogP contribution in [0.15, 0.2) is 65.8 Å². The average Bonchev–Trinajstić information content (AvgIpc) is 3.36. The Bertz CT molecular complexity index is 1360. The zero-order chi connectivity index (χ0) is 22.4. The number of fused-ring (bicyclic) bond motifs is 1. The van der Waals surface area contributed by atoms with Crippen LogP contribution in [0.3, 0.4) is 0 Å². The molecule has 7 heteroatoms. The van der Waals surface area contributed by atoms with E-state index >= 15 is 0 Å². The van der Waals surface area contributed by atoms with Gasteiger partial charge < -0.3 is 5.73 Å². The molecule has 2 N–H and O–H groups in total. The van der Waals surface area contributed by atoms with E-state index in [4.69, 9.17) is 22.4 Å². The van der Waals surface area contributed by atoms with Gasteiger partial charge in [-0.25, -0.2) is 9.99 Å². The van der Waals surface area contributed by atoms with Crippen molar-refractivity contribution in [3.05, 3.63) is 92.9 Å². The Morgan fingerprint density at radius 2 is 1.84 bits per heavy atom. The van der Waals surface area contributed by atoms with Crippen LogP contribution >= 0.6 is 22.9 Å². The second kappa shape index (κ2) is 8.04. The SMILES string of the molecule is Cc1cc(C)c2c(N)c(C(=O)N3N=C(c4ccc(Cl)cc4)C[C@H]3c3ccccc3)sc2n1. The molecule has 3 heterocycles. The Labute approximate surface area is 195 Å². The van der Waals surface area contributed by atoms with Gasteiger partial charge in [0.05, 0.1) is 17.4 Å². The van der Waals surface area contributed by atoms with Crippen molar-refractivity contribution in [2.24, 2.45) is 5.10 Å². The number of hydrogen-bond acceptors (Lipinski definition) is 5. The molecule has 160 valence electrons. The Morgan fingerprint density at radius 3 is 2.56 bits per heavy atom. The number of halogens is 1. The molecular weight excluding hydrogens is 440 g/mol. The van der Waals surface area contributed by atoms with Gasteiger partial charge in [-0.1, -0.05) is 54.1 Å². The van der Waals surface area contributed by atoms with Gasteiger partial charge in [0.25, 0.3) is 5.91 Å². The van der Waals surface area contributed by atoms with Crippen LogP contribution < -0.4 is 5.73 Å². The molecule has 0 saturated carbocycles. The molecule has 0 saturated heterocycles. The number of thiophene rings is 1. The van der Waals surface area contributed by atoms with Gasteiger partial charge in [-0.05, 0) is 48.7 Å². The molecule has 0 fully saturated rings. The summed E-state index contributed by atoms with van der Waals surface area (Å²) in [6.07, 6.45) is 0.610. The summed E-state index contributed by atoms with van der Waals surface area (Å²) in [6, 6.07) is 19.3. The maximum absolute atomic E-state index is 13.7. The fourth-order valence-corrected chi connectivity index (χ4v) is 5.46. The maximum atomic E-state index is 13.7. The summed E-state index contributed by atoms with van der Waals surface area (Å²) in [5.74, 6) is -0.208. The predicted molar refractivity (Wildman–Crippen MR) is 131 cm³/mol. The number of aromatic nitrogens is 1. The average molecular weight is 461 g/mol. The third-order valence-corrected chi connectivity index (χ3v) is 7.04. The van der Waals surface area contributed by atoms with Gasteiger partial charge in [0.2, 0.25) is 0 Å². The predicted octanol–water partition coefficient (Wildman–Crippen LogP) is 6.14. The van der Waals surface area contributed by atoms with Gasteiger partial charge in [0, 0.05) is 22.5 Å². The number of nitrogen functional groups attached to an aromatic ring is 1. The monoisotopic (exact) mass is 460 g/mol. The van der Waals surface area contributed by atoms with Crippen LogP contribution in [-0.2, 0) is 0 Å². The highest BCUT2D eigenvalue weighted by molar-refractivity contribution is 7.21. The quantitative estimate of drug-likeness (QED) is 0.399. The van der Waals surface area contributed by atoms with E-state index in [0.717, 1.165) is 38.3 Å². The molecule has 1 aliphatic rings. The molecule has 1 amide bonds. The number of aryl methyl sites for hydroxylation is 2. The Balaban J connectivity index is 1.60. The molecule has 1 aliphatic heterocycles. The van der Waals surface area contributed by atoms with Crippen LogP contribution in [0.2, 0.25) is 5.02 Å². The minimum Gasteiger partial charge on any atom is -0.397 e. The summed E-state index contributed by atoms with van der Waals surface area (Å²) >= 11 is 7.39. The van der Waals surface area contributed by atoms with Gasteiger partial charge >= 0.3 is 0 Å². The molecule has 0 unspecified atom stereocenters. The lowest BCUT2D eigenvalue weighted by Crippen LogP contribution is -2.27. The highest BCUT2D eigenvalue weighted by Crippen LogP contribution is 2.39. The smallest absolute Gasteiger partial charge is 0.286 e. The van der Waals surface area contributed by atoms with Crippen molar-refractivity contribution in [3.8, 4) is 0 Å². The van der Waals surface area contributed by atoms with Crippen LogP contribution in [0, 0.1) is 13.8 Å². The lowest BCUT2D eigenvalue weighted by Gasteiger charge is -2.21. The molecule has 0 bridgehead atoms. The zero-order valence-electron chi connectivity index (χ0n) is 17.7. The highest BCUT2D eigenvalue weighted by atomic mass is 35.5. The molecule has 2 aromatic heterocycles. The number of nitrogens with zero attached hydrogens (tertiary/aromatic N) is 3.